The number of hydrogen-bond donors (Lipinski definition) is 2. The van der Waals surface area contributed by atoms with Crippen LogP contribution in [-0.2, 0) is 16.4 Å². The third kappa shape index (κ3) is 5.23. The molecule has 0 radical (unpaired) electrons. The minimum atomic E-state index is -3.43. The van der Waals surface area contributed by atoms with Gasteiger partial charge in [0.25, 0.3) is 0 Å². The maximum Gasteiger partial charge on any atom is 0.240 e. The number of nitrogens with two attached hydrogens (primary N) is 1. The zero-order chi connectivity index (χ0) is 15.2. The fourth-order valence-corrected chi connectivity index (χ4v) is 3.22. The highest BCUT2D eigenvalue weighted by atomic mass is 32.2. The summed E-state index contributed by atoms with van der Waals surface area (Å²) in [5.41, 5.74) is 6.56. The van der Waals surface area contributed by atoms with Crippen LogP contribution in [0, 0.1) is 5.41 Å². The van der Waals surface area contributed by atoms with Gasteiger partial charge in [0.2, 0.25) is 10.0 Å². The van der Waals surface area contributed by atoms with Gasteiger partial charge in [-0.2, -0.15) is 0 Å². The van der Waals surface area contributed by atoms with Gasteiger partial charge in [0, 0.05) is 6.54 Å². The predicted molar refractivity (Wildman–Crippen MR) is 83.1 cm³/mol. The van der Waals surface area contributed by atoms with Gasteiger partial charge in [-0.25, -0.2) is 13.1 Å². The maximum atomic E-state index is 12.2. The smallest absolute Gasteiger partial charge is 0.240 e. The molecule has 0 saturated heterocycles. The van der Waals surface area contributed by atoms with Crippen LogP contribution < -0.4 is 10.5 Å². The SMILES string of the molecule is CCCc1ccc(S(=O)(=O)NCC(C)(C)CCN)cc1. The number of nitrogens with one attached hydrogen (secondary N) is 1. The van der Waals surface area contributed by atoms with Gasteiger partial charge in [-0.1, -0.05) is 39.3 Å². The molecule has 0 aliphatic rings. The van der Waals surface area contributed by atoms with E-state index in [2.05, 4.69) is 11.6 Å². The third-order valence-corrected chi connectivity index (χ3v) is 4.75. The highest BCUT2D eigenvalue weighted by Gasteiger charge is 2.21. The van der Waals surface area contributed by atoms with Gasteiger partial charge < -0.3 is 5.73 Å². The number of rotatable bonds is 8. The standard InChI is InChI=1S/C15H26N2O2S/c1-4-5-13-6-8-14(9-7-13)20(18,19)17-12-15(2,3)10-11-16/h6-9,17H,4-5,10-12,16H2,1-3H3. The molecule has 4 nitrogen and oxygen atoms in total. The third-order valence-electron chi connectivity index (χ3n) is 3.33. The lowest BCUT2D eigenvalue weighted by Crippen LogP contribution is -2.35. The summed E-state index contributed by atoms with van der Waals surface area (Å²) < 4.78 is 27.1. The molecule has 0 atom stereocenters. The molecule has 0 spiro atoms. The zero-order valence-corrected chi connectivity index (χ0v) is 13.5. The van der Waals surface area contributed by atoms with Gasteiger partial charge in [0.05, 0.1) is 4.90 Å². The molecule has 0 saturated carbocycles. The Morgan fingerprint density at radius 3 is 2.30 bits per heavy atom. The fourth-order valence-electron chi connectivity index (χ4n) is 1.98. The fraction of sp³-hybridized carbons (Fsp3) is 0.600. The Balaban J connectivity index is 2.73. The van der Waals surface area contributed by atoms with E-state index in [0.29, 0.717) is 18.0 Å². The van der Waals surface area contributed by atoms with Crippen molar-refractivity contribution in [3.63, 3.8) is 0 Å². The molecule has 5 heteroatoms. The molecule has 0 aliphatic heterocycles. The van der Waals surface area contributed by atoms with Crippen LogP contribution in [0.2, 0.25) is 0 Å². The Labute approximate surface area is 122 Å². The summed E-state index contributed by atoms with van der Waals surface area (Å²) in [7, 11) is -3.43. The lowest BCUT2D eigenvalue weighted by Gasteiger charge is -2.24. The van der Waals surface area contributed by atoms with Crippen LogP contribution >= 0.6 is 0 Å². The summed E-state index contributed by atoms with van der Waals surface area (Å²) in [6.07, 6.45) is 2.81. The molecular formula is C15H26N2O2S. The lowest BCUT2D eigenvalue weighted by molar-refractivity contribution is 0.340. The van der Waals surface area contributed by atoms with Crippen LogP contribution in [0.3, 0.4) is 0 Å². The average Bonchev–Trinajstić information content (AvgIpc) is 2.38. The van der Waals surface area contributed by atoms with Crippen LogP contribution in [0.5, 0.6) is 0 Å². The molecule has 0 fully saturated rings. The summed E-state index contributed by atoms with van der Waals surface area (Å²) in [5, 5.41) is 0. The van der Waals surface area contributed by atoms with Crippen molar-refractivity contribution in [1.82, 2.24) is 4.72 Å². The Hall–Kier alpha value is -0.910. The molecule has 114 valence electrons. The summed E-state index contributed by atoms with van der Waals surface area (Å²) >= 11 is 0. The van der Waals surface area contributed by atoms with Crippen molar-refractivity contribution >= 4 is 10.0 Å². The molecule has 0 unspecified atom stereocenters. The minimum Gasteiger partial charge on any atom is -0.330 e. The van der Waals surface area contributed by atoms with Gasteiger partial charge in [-0.15, -0.1) is 0 Å². The van der Waals surface area contributed by atoms with Crippen LogP contribution in [0.15, 0.2) is 29.2 Å². The second-order valence-electron chi connectivity index (χ2n) is 5.92. The van der Waals surface area contributed by atoms with Gasteiger partial charge in [0.1, 0.15) is 0 Å². The van der Waals surface area contributed by atoms with E-state index in [4.69, 9.17) is 5.73 Å². The van der Waals surface area contributed by atoms with Crippen molar-refractivity contribution in [2.45, 2.75) is 44.9 Å². The van der Waals surface area contributed by atoms with E-state index in [9.17, 15) is 8.42 Å². The molecule has 0 amide bonds. The van der Waals surface area contributed by atoms with E-state index in [-0.39, 0.29) is 5.41 Å². The maximum absolute atomic E-state index is 12.2. The van der Waals surface area contributed by atoms with Crippen molar-refractivity contribution in [3.8, 4) is 0 Å². The highest BCUT2D eigenvalue weighted by molar-refractivity contribution is 7.89. The zero-order valence-electron chi connectivity index (χ0n) is 12.6. The van der Waals surface area contributed by atoms with Crippen molar-refractivity contribution in [2.75, 3.05) is 13.1 Å². The molecule has 3 N–H and O–H groups in total. The normalized spacial score (nSPS) is 12.6. The van der Waals surface area contributed by atoms with Crippen LogP contribution in [0.25, 0.3) is 0 Å². The number of hydrogen-bond acceptors (Lipinski definition) is 3. The van der Waals surface area contributed by atoms with E-state index >= 15 is 0 Å². The summed E-state index contributed by atoms with van der Waals surface area (Å²) in [4.78, 5) is 0.320. The van der Waals surface area contributed by atoms with Gasteiger partial charge in [0.15, 0.2) is 0 Å². The Kier molecular flexibility index (Phi) is 6.17. The monoisotopic (exact) mass is 298 g/mol. The molecule has 0 heterocycles. The van der Waals surface area contributed by atoms with Crippen LogP contribution in [-0.4, -0.2) is 21.5 Å². The topological polar surface area (TPSA) is 72.2 Å². The number of aryl methyl sites for hydroxylation is 1. The van der Waals surface area contributed by atoms with Crippen molar-refractivity contribution in [1.29, 1.82) is 0 Å². The van der Waals surface area contributed by atoms with Gasteiger partial charge >= 0.3 is 0 Å². The molecule has 0 bridgehead atoms. The van der Waals surface area contributed by atoms with Gasteiger partial charge in [-0.3, -0.25) is 0 Å². The number of sulfonamides is 1. The molecule has 0 aromatic heterocycles. The predicted octanol–water partition coefficient (Wildman–Crippen LogP) is 2.29. The van der Waals surface area contributed by atoms with Crippen LogP contribution in [0.4, 0.5) is 0 Å². The first-order valence-corrected chi connectivity index (χ1v) is 8.58. The minimum absolute atomic E-state index is 0.135. The summed E-state index contributed by atoms with van der Waals surface area (Å²) in [6, 6.07) is 7.10. The first-order chi connectivity index (χ1) is 9.30. The summed E-state index contributed by atoms with van der Waals surface area (Å²) in [5.74, 6) is 0. The van der Waals surface area contributed by atoms with E-state index in [1.165, 1.54) is 0 Å². The summed E-state index contributed by atoms with van der Waals surface area (Å²) in [6.45, 7) is 7.06. The second kappa shape index (κ2) is 7.20. The molecule has 1 aromatic rings. The molecule has 1 rings (SSSR count). The van der Waals surface area contributed by atoms with Crippen molar-refractivity contribution < 1.29 is 8.42 Å². The van der Waals surface area contributed by atoms with E-state index < -0.39 is 10.0 Å². The van der Waals surface area contributed by atoms with E-state index in [1.54, 1.807) is 12.1 Å². The Morgan fingerprint density at radius 2 is 1.80 bits per heavy atom. The van der Waals surface area contributed by atoms with Crippen molar-refractivity contribution in [2.24, 2.45) is 11.1 Å². The quantitative estimate of drug-likeness (QED) is 0.773. The molecule has 0 aliphatic carbocycles. The molecule has 20 heavy (non-hydrogen) atoms. The molecule has 1 aromatic carbocycles. The van der Waals surface area contributed by atoms with Crippen LogP contribution in [0.1, 0.15) is 39.2 Å². The second-order valence-corrected chi connectivity index (χ2v) is 7.69. The highest BCUT2D eigenvalue weighted by Crippen LogP contribution is 2.19. The number of benzene rings is 1. The first kappa shape index (κ1) is 17.1. The van der Waals surface area contributed by atoms with E-state index in [0.717, 1.165) is 24.8 Å². The first-order valence-electron chi connectivity index (χ1n) is 7.09. The largest absolute Gasteiger partial charge is 0.330 e. The van der Waals surface area contributed by atoms with Crippen molar-refractivity contribution in [3.05, 3.63) is 29.8 Å². The Morgan fingerprint density at radius 1 is 1.20 bits per heavy atom. The van der Waals surface area contributed by atoms with Gasteiger partial charge in [-0.05, 0) is 42.5 Å². The molecular weight excluding hydrogens is 272 g/mol. The van der Waals surface area contributed by atoms with E-state index in [1.807, 2.05) is 26.0 Å². The lowest BCUT2D eigenvalue weighted by atomic mass is 9.90. The average molecular weight is 298 g/mol. The Bertz CT molecular complexity index is 507.